The second kappa shape index (κ2) is 9.80. The van der Waals surface area contributed by atoms with E-state index in [9.17, 15) is 0 Å². The van der Waals surface area contributed by atoms with E-state index in [-0.39, 0.29) is 0 Å². The number of hydrogen-bond acceptors (Lipinski definition) is 1. The summed E-state index contributed by atoms with van der Waals surface area (Å²) in [7, 11) is 0. The molecule has 26 heavy (non-hydrogen) atoms. The predicted octanol–water partition coefficient (Wildman–Crippen LogP) is 7.61. The van der Waals surface area contributed by atoms with Gasteiger partial charge < -0.3 is 4.74 Å². The minimum atomic E-state index is 0.767. The normalized spacial score (nSPS) is 20.1. The van der Waals surface area contributed by atoms with Gasteiger partial charge in [0.1, 0.15) is 5.75 Å². The third kappa shape index (κ3) is 5.37. The topological polar surface area (TPSA) is 9.23 Å². The Morgan fingerprint density at radius 2 is 1.38 bits per heavy atom. The monoisotopic (exact) mass is 350 g/mol. The molecule has 0 spiro atoms. The van der Waals surface area contributed by atoms with Crippen molar-refractivity contribution in [3.05, 3.63) is 54.1 Å². The van der Waals surface area contributed by atoms with E-state index < -0.39 is 0 Å². The number of benzene rings is 2. The van der Waals surface area contributed by atoms with Gasteiger partial charge in [0.2, 0.25) is 0 Å². The number of rotatable bonds is 8. The molecule has 1 fully saturated rings. The molecular formula is C25H34O. The Morgan fingerprint density at radius 3 is 2.00 bits per heavy atom. The molecule has 0 radical (unpaired) electrons. The third-order valence-electron chi connectivity index (χ3n) is 5.85. The minimum absolute atomic E-state index is 0.767. The molecule has 1 nitrogen and oxygen atoms in total. The van der Waals surface area contributed by atoms with Crippen LogP contribution in [-0.4, -0.2) is 6.61 Å². The van der Waals surface area contributed by atoms with E-state index >= 15 is 0 Å². The van der Waals surface area contributed by atoms with E-state index in [4.69, 9.17) is 4.74 Å². The first-order valence-corrected chi connectivity index (χ1v) is 10.6. The van der Waals surface area contributed by atoms with Crippen LogP contribution in [0, 0.1) is 5.92 Å². The van der Waals surface area contributed by atoms with E-state index in [0.29, 0.717) is 0 Å². The zero-order valence-corrected chi connectivity index (χ0v) is 16.5. The highest BCUT2D eigenvalue weighted by molar-refractivity contribution is 5.64. The molecule has 1 saturated carbocycles. The van der Waals surface area contributed by atoms with E-state index in [1.165, 1.54) is 61.6 Å². The molecule has 2 aromatic carbocycles. The Hall–Kier alpha value is -1.76. The molecule has 1 aliphatic rings. The van der Waals surface area contributed by atoms with Gasteiger partial charge in [-0.1, -0.05) is 82.3 Å². The Bertz CT molecular complexity index is 633. The zero-order valence-electron chi connectivity index (χ0n) is 16.5. The van der Waals surface area contributed by atoms with Crippen LogP contribution in [-0.2, 0) is 0 Å². The van der Waals surface area contributed by atoms with Crippen molar-refractivity contribution in [1.29, 1.82) is 0 Å². The third-order valence-corrected chi connectivity index (χ3v) is 5.85. The lowest BCUT2D eigenvalue weighted by Crippen LogP contribution is -2.10. The summed E-state index contributed by atoms with van der Waals surface area (Å²) < 4.78 is 5.85. The molecule has 0 aromatic heterocycles. The van der Waals surface area contributed by atoms with Gasteiger partial charge in [-0.3, -0.25) is 0 Å². The van der Waals surface area contributed by atoms with Crippen molar-refractivity contribution in [2.45, 2.75) is 71.1 Å². The summed E-state index contributed by atoms with van der Waals surface area (Å²) in [5.41, 5.74) is 4.09. The van der Waals surface area contributed by atoms with Gasteiger partial charge >= 0.3 is 0 Å². The molecule has 0 aliphatic heterocycles. The summed E-state index contributed by atoms with van der Waals surface area (Å²) >= 11 is 0. The fraction of sp³-hybridized carbons (Fsp3) is 0.520. The number of unbranched alkanes of at least 4 members (excludes halogenated alkanes) is 3. The highest BCUT2D eigenvalue weighted by atomic mass is 16.5. The maximum Gasteiger partial charge on any atom is 0.119 e. The Balaban J connectivity index is 1.54. The van der Waals surface area contributed by atoms with E-state index in [1.54, 1.807) is 0 Å². The van der Waals surface area contributed by atoms with Crippen molar-refractivity contribution in [1.82, 2.24) is 0 Å². The molecule has 0 unspecified atom stereocenters. The fourth-order valence-electron chi connectivity index (χ4n) is 4.00. The van der Waals surface area contributed by atoms with Gasteiger partial charge in [0, 0.05) is 0 Å². The van der Waals surface area contributed by atoms with Crippen LogP contribution in [0.2, 0.25) is 0 Å². The summed E-state index contributed by atoms with van der Waals surface area (Å²) in [6.07, 6.45) is 10.5. The first kappa shape index (κ1) is 19.0. The summed E-state index contributed by atoms with van der Waals surface area (Å²) in [5, 5.41) is 0. The highest BCUT2D eigenvalue weighted by Crippen LogP contribution is 2.36. The zero-order chi connectivity index (χ0) is 18.2. The molecule has 3 rings (SSSR count). The molecule has 0 N–H and O–H groups in total. The SMILES string of the molecule is CCCCCCOc1ccc(-c2ccc(C3CCC(C)CC3)cc2)cc1. The van der Waals surface area contributed by atoms with Crippen LogP contribution in [0.25, 0.3) is 11.1 Å². The van der Waals surface area contributed by atoms with Gasteiger partial charge in [-0.15, -0.1) is 0 Å². The molecule has 140 valence electrons. The number of ether oxygens (including phenoxy) is 1. The lowest BCUT2D eigenvalue weighted by atomic mass is 9.79. The average molecular weight is 351 g/mol. The van der Waals surface area contributed by atoms with Gasteiger partial charge in [0.15, 0.2) is 0 Å². The molecule has 0 bridgehead atoms. The molecule has 0 heterocycles. The van der Waals surface area contributed by atoms with Gasteiger partial charge in [-0.25, -0.2) is 0 Å². The molecule has 1 heteroatoms. The van der Waals surface area contributed by atoms with Crippen LogP contribution in [0.3, 0.4) is 0 Å². The Kier molecular flexibility index (Phi) is 7.17. The largest absolute Gasteiger partial charge is 0.494 e. The summed E-state index contributed by atoms with van der Waals surface area (Å²) in [6.45, 7) is 5.45. The van der Waals surface area contributed by atoms with Crippen LogP contribution in [0.4, 0.5) is 0 Å². The highest BCUT2D eigenvalue weighted by Gasteiger charge is 2.19. The summed E-state index contributed by atoms with van der Waals surface area (Å²) in [5.74, 6) is 2.67. The van der Waals surface area contributed by atoms with Crippen molar-refractivity contribution in [3.8, 4) is 16.9 Å². The van der Waals surface area contributed by atoms with Crippen molar-refractivity contribution < 1.29 is 4.74 Å². The quantitative estimate of drug-likeness (QED) is 0.445. The Morgan fingerprint density at radius 1 is 0.769 bits per heavy atom. The van der Waals surface area contributed by atoms with Crippen LogP contribution in [0.15, 0.2) is 48.5 Å². The first-order chi connectivity index (χ1) is 12.8. The van der Waals surface area contributed by atoms with Gasteiger partial charge in [0.05, 0.1) is 6.61 Å². The molecule has 2 aromatic rings. The van der Waals surface area contributed by atoms with E-state index in [0.717, 1.165) is 30.6 Å². The minimum Gasteiger partial charge on any atom is -0.494 e. The molecule has 1 aliphatic carbocycles. The van der Waals surface area contributed by atoms with Crippen molar-refractivity contribution >= 4 is 0 Å². The first-order valence-electron chi connectivity index (χ1n) is 10.6. The maximum absolute atomic E-state index is 5.85. The van der Waals surface area contributed by atoms with Gasteiger partial charge in [-0.05, 0) is 59.9 Å². The lowest BCUT2D eigenvalue weighted by molar-refractivity contribution is 0.305. The van der Waals surface area contributed by atoms with Crippen LogP contribution < -0.4 is 4.74 Å². The molecule has 0 amide bonds. The van der Waals surface area contributed by atoms with Crippen molar-refractivity contribution in [3.63, 3.8) is 0 Å². The van der Waals surface area contributed by atoms with Gasteiger partial charge in [-0.2, -0.15) is 0 Å². The van der Waals surface area contributed by atoms with E-state index in [2.05, 4.69) is 62.4 Å². The second-order valence-corrected chi connectivity index (χ2v) is 8.01. The van der Waals surface area contributed by atoms with Crippen LogP contribution in [0.1, 0.15) is 76.7 Å². The lowest BCUT2D eigenvalue weighted by Gasteiger charge is -2.26. The van der Waals surface area contributed by atoms with Crippen LogP contribution in [0.5, 0.6) is 5.75 Å². The molecule has 0 saturated heterocycles. The molecule has 0 atom stereocenters. The number of hydrogen-bond donors (Lipinski definition) is 0. The average Bonchev–Trinajstić information content (AvgIpc) is 2.69. The summed E-state index contributed by atoms with van der Waals surface area (Å²) in [4.78, 5) is 0. The fourth-order valence-corrected chi connectivity index (χ4v) is 4.00. The predicted molar refractivity (Wildman–Crippen MR) is 112 cm³/mol. The van der Waals surface area contributed by atoms with Crippen molar-refractivity contribution in [2.24, 2.45) is 5.92 Å². The van der Waals surface area contributed by atoms with Crippen LogP contribution >= 0.6 is 0 Å². The smallest absolute Gasteiger partial charge is 0.119 e. The van der Waals surface area contributed by atoms with Gasteiger partial charge in [0.25, 0.3) is 0 Å². The second-order valence-electron chi connectivity index (χ2n) is 8.01. The summed E-state index contributed by atoms with van der Waals surface area (Å²) in [6, 6.07) is 17.8. The maximum atomic E-state index is 5.85. The van der Waals surface area contributed by atoms with Crippen molar-refractivity contribution in [2.75, 3.05) is 6.61 Å². The van der Waals surface area contributed by atoms with E-state index in [1.807, 2.05) is 0 Å². The Labute approximate surface area is 159 Å². The molecular weight excluding hydrogens is 316 g/mol. The standard InChI is InChI=1S/C25H34O/c1-3-4-5-6-19-26-25-17-15-24(16-18-25)23-13-11-22(12-14-23)21-9-7-20(2)8-10-21/h11-18,20-21H,3-10,19H2,1-2H3.